The van der Waals surface area contributed by atoms with Gasteiger partial charge in [-0.1, -0.05) is 12.1 Å². The molecule has 0 aliphatic carbocycles. The normalized spacial score (nSPS) is 11.2. The van der Waals surface area contributed by atoms with Crippen molar-refractivity contribution in [2.24, 2.45) is 5.73 Å². The molecule has 4 rings (SSSR count). The van der Waals surface area contributed by atoms with Crippen LogP contribution in [0, 0.1) is 13.8 Å². The minimum absolute atomic E-state index is 0.198. The molecule has 0 radical (unpaired) electrons. The van der Waals surface area contributed by atoms with E-state index >= 15 is 0 Å². The number of benzene rings is 1. The lowest BCUT2D eigenvalue weighted by molar-refractivity contribution is 0.470. The number of nitrogens with two attached hydrogens (primary N) is 2. The van der Waals surface area contributed by atoms with Crippen molar-refractivity contribution >= 4 is 17.0 Å². The first kappa shape index (κ1) is 17.0. The van der Waals surface area contributed by atoms with E-state index in [1.807, 2.05) is 42.7 Å². The number of nitrogen functional groups attached to an aromatic ring is 1. The lowest BCUT2D eigenvalue weighted by atomic mass is 10.1. The Labute approximate surface area is 156 Å². The third kappa shape index (κ3) is 2.60. The van der Waals surface area contributed by atoms with Crippen LogP contribution in [0.3, 0.4) is 0 Å². The van der Waals surface area contributed by atoms with E-state index in [0.29, 0.717) is 22.7 Å². The first-order valence-corrected chi connectivity index (χ1v) is 8.59. The van der Waals surface area contributed by atoms with Gasteiger partial charge in [-0.15, -0.1) is 0 Å². The minimum atomic E-state index is 0.198. The van der Waals surface area contributed by atoms with Crippen LogP contribution in [0.2, 0.25) is 0 Å². The third-order valence-corrected chi connectivity index (χ3v) is 4.76. The number of hydrogen-bond donors (Lipinski definition) is 3. The molecule has 7 nitrogen and oxygen atoms in total. The van der Waals surface area contributed by atoms with Crippen molar-refractivity contribution in [2.75, 3.05) is 5.73 Å². The Hall–Kier alpha value is -3.45. The van der Waals surface area contributed by atoms with E-state index in [1.54, 1.807) is 18.5 Å². The monoisotopic (exact) mass is 360 g/mol. The molecule has 5 N–H and O–H groups in total. The molecular formula is C20H20N6O. The zero-order valence-electron chi connectivity index (χ0n) is 15.1. The molecule has 0 unspecified atom stereocenters. The maximum absolute atomic E-state index is 10.2. The molecule has 0 aliphatic rings. The van der Waals surface area contributed by atoms with Gasteiger partial charge in [0.1, 0.15) is 22.8 Å². The standard InChI is InChI=1S/C20H20N6O/c1-11-6-7-16(27)12(2)18(11)26-19(22)13(9-21)17-20(26)24-10-15(25-17)14-5-3-4-8-23-14/h3-8,10,27H,9,21-22H2,1-2H3. The van der Waals surface area contributed by atoms with Gasteiger partial charge in [0.2, 0.25) is 0 Å². The number of pyridine rings is 1. The zero-order valence-corrected chi connectivity index (χ0v) is 15.1. The Morgan fingerprint density at radius 2 is 1.89 bits per heavy atom. The fourth-order valence-electron chi connectivity index (χ4n) is 3.35. The number of phenols is 1. The fourth-order valence-corrected chi connectivity index (χ4v) is 3.35. The highest BCUT2D eigenvalue weighted by atomic mass is 16.3. The zero-order chi connectivity index (χ0) is 19.1. The number of aromatic hydroxyl groups is 1. The molecule has 7 heteroatoms. The minimum Gasteiger partial charge on any atom is -0.508 e. The maximum Gasteiger partial charge on any atom is 0.165 e. The van der Waals surface area contributed by atoms with Crippen LogP contribution in [-0.4, -0.2) is 24.6 Å². The number of phenolic OH excluding ortho intramolecular Hbond substituents is 1. The summed E-state index contributed by atoms with van der Waals surface area (Å²) in [6.45, 7) is 4.04. The fraction of sp³-hybridized carbons (Fsp3) is 0.150. The second-order valence-electron chi connectivity index (χ2n) is 6.42. The van der Waals surface area contributed by atoms with Gasteiger partial charge in [0.15, 0.2) is 5.65 Å². The van der Waals surface area contributed by atoms with Crippen LogP contribution in [-0.2, 0) is 6.54 Å². The van der Waals surface area contributed by atoms with Gasteiger partial charge in [0.05, 0.1) is 17.6 Å². The van der Waals surface area contributed by atoms with E-state index in [4.69, 9.17) is 16.5 Å². The molecule has 3 heterocycles. The molecule has 1 aromatic carbocycles. The van der Waals surface area contributed by atoms with Crippen molar-refractivity contribution in [2.45, 2.75) is 20.4 Å². The molecule has 0 fully saturated rings. The van der Waals surface area contributed by atoms with Crippen molar-refractivity contribution in [3.8, 4) is 22.8 Å². The van der Waals surface area contributed by atoms with Crippen LogP contribution in [0.5, 0.6) is 5.75 Å². The number of hydrogen-bond acceptors (Lipinski definition) is 6. The average Bonchev–Trinajstić information content (AvgIpc) is 2.96. The van der Waals surface area contributed by atoms with E-state index in [9.17, 15) is 5.11 Å². The summed E-state index contributed by atoms with van der Waals surface area (Å²) in [6, 6.07) is 9.15. The van der Waals surface area contributed by atoms with Crippen molar-refractivity contribution in [3.63, 3.8) is 0 Å². The summed E-state index contributed by atoms with van der Waals surface area (Å²) in [7, 11) is 0. The molecule has 0 atom stereocenters. The molecule has 0 bridgehead atoms. The molecule has 4 aromatic rings. The van der Waals surface area contributed by atoms with E-state index < -0.39 is 0 Å². The molecule has 0 spiro atoms. The lowest BCUT2D eigenvalue weighted by Gasteiger charge is -2.15. The number of fused-ring (bicyclic) bond motifs is 1. The highest BCUT2D eigenvalue weighted by molar-refractivity contribution is 5.87. The Kier molecular flexibility index (Phi) is 4.01. The van der Waals surface area contributed by atoms with Gasteiger partial charge >= 0.3 is 0 Å². The van der Waals surface area contributed by atoms with Crippen LogP contribution in [0.25, 0.3) is 28.2 Å². The molecule has 0 saturated heterocycles. The first-order chi connectivity index (χ1) is 13.0. The number of rotatable bonds is 3. The smallest absolute Gasteiger partial charge is 0.165 e. The first-order valence-electron chi connectivity index (χ1n) is 8.59. The third-order valence-electron chi connectivity index (χ3n) is 4.76. The summed E-state index contributed by atoms with van der Waals surface area (Å²) >= 11 is 0. The molecule has 3 aromatic heterocycles. The summed E-state index contributed by atoms with van der Waals surface area (Å²) in [6.07, 6.45) is 3.39. The van der Waals surface area contributed by atoms with Gasteiger partial charge < -0.3 is 16.6 Å². The topological polar surface area (TPSA) is 116 Å². The summed E-state index contributed by atoms with van der Waals surface area (Å²) in [5, 5.41) is 10.2. The van der Waals surface area contributed by atoms with Crippen molar-refractivity contribution in [3.05, 3.63) is 59.4 Å². The Balaban J connectivity index is 2.04. The van der Waals surface area contributed by atoms with Crippen LogP contribution < -0.4 is 11.5 Å². The summed E-state index contributed by atoms with van der Waals surface area (Å²) < 4.78 is 1.82. The quantitative estimate of drug-likeness (QED) is 0.517. The SMILES string of the molecule is Cc1ccc(O)c(C)c1-n1c(N)c(CN)c2nc(-c3ccccn3)cnc21. The number of anilines is 1. The number of nitrogens with zero attached hydrogens (tertiary/aromatic N) is 4. The molecule has 0 saturated carbocycles. The molecular weight excluding hydrogens is 340 g/mol. The molecule has 0 aliphatic heterocycles. The van der Waals surface area contributed by atoms with Gasteiger partial charge in [0.25, 0.3) is 0 Å². The van der Waals surface area contributed by atoms with E-state index in [1.165, 1.54) is 0 Å². The largest absolute Gasteiger partial charge is 0.508 e. The molecule has 0 amide bonds. The Bertz CT molecular complexity index is 1150. The summed E-state index contributed by atoms with van der Waals surface area (Å²) in [5.74, 6) is 0.673. The van der Waals surface area contributed by atoms with Gasteiger partial charge in [-0.05, 0) is 37.6 Å². The van der Waals surface area contributed by atoms with Gasteiger partial charge in [0, 0.05) is 23.9 Å². The second-order valence-corrected chi connectivity index (χ2v) is 6.42. The van der Waals surface area contributed by atoms with Crippen LogP contribution in [0.1, 0.15) is 16.7 Å². The Morgan fingerprint density at radius 3 is 2.59 bits per heavy atom. The van der Waals surface area contributed by atoms with Crippen LogP contribution in [0.4, 0.5) is 5.82 Å². The van der Waals surface area contributed by atoms with Crippen molar-refractivity contribution < 1.29 is 5.11 Å². The van der Waals surface area contributed by atoms with Crippen molar-refractivity contribution in [1.29, 1.82) is 0 Å². The van der Waals surface area contributed by atoms with E-state index in [0.717, 1.165) is 28.1 Å². The lowest BCUT2D eigenvalue weighted by Crippen LogP contribution is -2.07. The van der Waals surface area contributed by atoms with E-state index in [2.05, 4.69) is 9.97 Å². The van der Waals surface area contributed by atoms with E-state index in [-0.39, 0.29) is 12.3 Å². The highest BCUT2D eigenvalue weighted by Crippen LogP contribution is 2.35. The van der Waals surface area contributed by atoms with Gasteiger partial charge in [-0.2, -0.15) is 0 Å². The van der Waals surface area contributed by atoms with Crippen LogP contribution in [0.15, 0.2) is 42.7 Å². The highest BCUT2D eigenvalue weighted by Gasteiger charge is 2.21. The number of aryl methyl sites for hydroxylation is 1. The second kappa shape index (κ2) is 6.37. The number of aromatic nitrogens is 4. The maximum atomic E-state index is 10.2. The van der Waals surface area contributed by atoms with Gasteiger partial charge in [-0.3, -0.25) is 9.55 Å². The predicted octanol–water partition coefficient (Wildman–Crippen LogP) is 2.85. The average molecular weight is 360 g/mol. The van der Waals surface area contributed by atoms with Crippen molar-refractivity contribution in [1.82, 2.24) is 19.5 Å². The molecule has 27 heavy (non-hydrogen) atoms. The van der Waals surface area contributed by atoms with Gasteiger partial charge in [-0.25, -0.2) is 9.97 Å². The molecule has 136 valence electrons. The van der Waals surface area contributed by atoms with Crippen LogP contribution >= 0.6 is 0 Å². The Morgan fingerprint density at radius 1 is 1.07 bits per heavy atom. The predicted molar refractivity (Wildman–Crippen MR) is 106 cm³/mol. The summed E-state index contributed by atoms with van der Waals surface area (Å²) in [4.78, 5) is 13.7. The summed E-state index contributed by atoms with van der Waals surface area (Å²) in [5.41, 5.74) is 18.2.